The van der Waals surface area contributed by atoms with E-state index in [2.05, 4.69) is 0 Å². The lowest BCUT2D eigenvalue weighted by atomic mass is 10.1. The summed E-state index contributed by atoms with van der Waals surface area (Å²) in [5, 5.41) is 11.3. The Morgan fingerprint density at radius 3 is 2.50 bits per heavy atom. The zero-order valence-electron chi connectivity index (χ0n) is 13.2. The van der Waals surface area contributed by atoms with Gasteiger partial charge in [-0.05, 0) is 43.5 Å². The van der Waals surface area contributed by atoms with Crippen LogP contribution in [-0.2, 0) is 6.54 Å². The Morgan fingerprint density at radius 2 is 1.92 bits per heavy atom. The predicted octanol–water partition coefficient (Wildman–Crippen LogP) is 3.85. The van der Waals surface area contributed by atoms with Crippen LogP contribution in [0.2, 0.25) is 0 Å². The molecule has 0 saturated heterocycles. The van der Waals surface area contributed by atoms with Crippen LogP contribution in [0.5, 0.6) is 0 Å². The third-order valence-electron chi connectivity index (χ3n) is 4.17. The predicted molar refractivity (Wildman–Crippen MR) is 87.1 cm³/mol. The molecule has 124 valence electrons. The highest BCUT2D eigenvalue weighted by Gasteiger charge is 2.35. The maximum absolute atomic E-state index is 13.0. The van der Waals surface area contributed by atoms with Gasteiger partial charge in [0.15, 0.2) is 0 Å². The molecule has 2 aromatic rings. The minimum atomic E-state index is -0.508. The lowest BCUT2D eigenvalue weighted by Crippen LogP contribution is -2.33. The van der Waals surface area contributed by atoms with Crippen LogP contribution < -0.4 is 0 Å². The number of carbonyl (C=O) groups is 1. The molecule has 3 rings (SSSR count). The van der Waals surface area contributed by atoms with Gasteiger partial charge in [0.2, 0.25) is 0 Å². The minimum absolute atomic E-state index is 0.0858. The maximum atomic E-state index is 13.0. The summed E-state index contributed by atoms with van der Waals surface area (Å²) >= 11 is 0. The third-order valence-corrected chi connectivity index (χ3v) is 4.17. The van der Waals surface area contributed by atoms with Gasteiger partial charge in [-0.2, -0.15) is 0 Å². The van der Waals surface area contributed by atoms with Crippen LogP contribution in [0.25, 0.3) is 0 Å². The van der Waals surface area contributed by atoms with Crippen molar-refractivity contribution >= 4 is 11.6 Å². The molecule has 1 aliphatic rings. The molecule has 0 heterocycles. The quantitative estimate of drug-likeness (QED) is 0.618. The van der Waals surface area contributed by atoms with Gasteiger partial charge in [-0.25, -0.2) is 4.39 Å². The number of aryl methyl sites for hydroxylation is 1. The molecule has 0 spiro atoms. The maximum Gasteiger partial charge on any atom is 0.285 e. The van der Waals surface area contributed by atoms with E-state index in [0.717, 1.165) is 18.4 Å². The lowest BCUT2D eigenvalue weighted by Gasteiger charge is -2.23. The highest BCUT2D eigenvalue weighted by molar-refractivity contribution is 5.99. The van der Waals surface area contributed by atoms with Gasteiger partial charge in [0.1, 0.15) is 11.4 Å². The van der Waals surface area contributed by atoms with E-state index in [4.69, 9.17) is 0 Å². The standard InChI is InChI=1S/C18H17FN2O3/c1-12-3-2-4-16(17(12)21(23)24)18(22)20(15-9-10-15)11-13-5-7-14(19)8-6-13/h2-8,15H,9-11H2,1H3. The highest BCUT2D eigenvalue weighted by Crippen LogP contribution is 2.32. The molecule has 5 nitrogen and oxygen atoms in total. The molecule has 0 aliphatic heterocycles. The fourth-order valence-electron chi connectivity index (χ4n) is 2.77. The van der Waals surface area contributed by atoms with Gasteiger partial charge in [-0.1, -0.05) is 24.3 Å². The van der Waals surface area contributed by atoms with Crippen molar-refractivity contribution in [1.82, 2.24) is 4.90 Å². The lowest BCUT2D eigenvalue weighted by molar-refractivity contribution is -0.385. The van der Waals surface area contributed by atoms with Gasteiger partial charge in [-0.15, -0.1) is 0 Å². The molecular weight excluding hydrogens is 311 g/mol. The first-order chi connectivity index (χ1) is 11.5. The highest BCUT2D eigenvalue weighted by atomic mass is 19.1. The number of hydrogen-bond donors (Lipinski definition) is 0. The van der Waals surface area contributed by atoms with Gasteiger partial charge in [-0.3, -0.25) is 14.9 Å². The monoisotopic (exact) mass is 328 g/mol. The van der Waals surface area contributed by atoms with Crippen molar-refractivity contribution in [3.8, 4) is 0 Å². The Hall–Kier alpha value is -2.76. The van der Waals surface area contributed by atoms with Gasteiger partial charge in [0, 0.05) is 18.2 Å². The van der Waals surface area contributed by atoms with Crippen LogP contribution >= 0.6 is 0 Å². The third kappa shape index (κ3) is 3.27. The van der Waals surface area contributed by atoms with E-state index in [-0.39, 0.29) is 29.0 Å². The van der Waals surface area contributed by atoms with E-state index in [9.17, 15) is 19.3 Å². The summed E-state index contributed by atoms with van der Waals surface area (Å²) in [6, 6.07) is 10.8. The van der Waals surface area contributed by atoms with Crippen molar-refractivity contribution < 1.29 is 14.1 Å². The molecule has 0 radical (unpaired) electrons. The van der Waals surface area contributed by atoms with Crippen LogP contribution in [0.3, 0.4) is 0 Å². The number of nitrogens with zero attached hydrogens (tertiary/aromatic N) is 2. The molecule has 0 bridgehead atoms. The number of amides is 1. The molecule has 1 fully saturated rings. The van der Waals surface area contributed by atoms with Crippen LogP contribution in [-0.4, -0.2) is 21.8 Å². The van der Waals surface area contributed by atoms with Gasteiger partial charge < -0.3 is 4.90 Å². The Morgan fingerprint density at radius 1 is 1.25 bits per heavy atom. The second-order valence-electron chi connectivity index (χ2n) is 6.02. The summed E-state index contributed by atoms with van der Waals surface area (Å²) in [5.41, 5.74) is 1.22. The molecule has 1 aliphatic carbocycles. The van der Waals surface area contributed by atoms with Gasteiger partial charge in [0.05, 0.1) is 4.92 Å². The summed E-state index contributed by atoms with van der Waals surface area (Å²) in [6.45, 7) is 1.94. The summed E-state index contributed by atoms with van der Waals surface area (Å²) in [4.78, 5) is 25.4. The minimum Gasteiger partial charge on any atom is -0.331 e. The molecule has 0 unspecified atom stereocenters. The van der Waals surface area contributed by atoms with Crippen molar-refractivity contribution in [2.24, 2.45) is 0 Å². The van der Waals surface area contributed by atoms with Crippen molar-refractivity contribution in [1.29, 1.82) is 0 Å². The Labute approximate surface area is 138 Å². The largest absolute Gasteiger partial charge is 0.331 e. The van der Waals surface area contributed by atoms with Crippen molar-refractivity contribution in [3.63, 3.8) is 0 Å². The first-order valence-corrected chi connectivity index (χ1v) is 7.77. The van der Waals surface area contributed by atoms with E-state index in [0.29, 0.717) is 12.1 Å². The van der Waals surface area contributed by atoms with Crippen LogP contribution in [0.1, 0.15) is 34.3 Å². The van der Waals surface area contributed by atoms with Crippen LogP contribution in [0, 0.1) is 22.9 Å². The van der Waals surface area contributed by atoms with Gasteiger partial charge in [0.25, 0.3) is 11.6 Å². The fourth-order valence-corrected chi connectivity index (χ4v) is 2.77. The number of nitro groups is 1. The number of carbonyl (C=O) groups excluding carboxylic acids is 1. The zero-order valence-corrected chi connectivity index (χ0v) is 13.2. The smallest absolute Gasteiger partial charge is 0.285 e. The normalized spacial score (nSPS) is 13.6. The molecular formula is C18H17FN2O3. The first-order valence-electron chi connectivity index (χ1n) is 7.77. The Bertz CT molecular complexity index is 785. The SMILES string of the molecule is Cc1cccc(C(=O)N(Cc2ccc(F)cc2)C2CC2)c1[N+](=O)[O-]. The summed E-state index contributed by atoms with van der Waals surface area (Å²) in [5.74, 6) is -0.686. The second-order valence-corrected chi connectivity index (χ2v) is 6.02. The molecule has 1 saturated carbocycles. The molecule has 0 N–H and O–H groups in total. The molecule has 0 aromatic heterocycles. The summed E-state index contributed by atoms with van der Waals surface area (Å²) < 4.78 is 13.0. The van der Waals surface area contributed by atoms with E-state index in [1.54, 1.807) is 36.1 Å². The molecule has 6 heteroatoms. The molecule has 24 heavy (non-hydrogen) atoms. The van der Waals surface area contributed by atoms with Crippen LogP contribution in [0.4, 0.5) is 10.1 Å². The van der Waals surface area contributed by atoms with Crippen molar-refractivity contribution in [2.45, 2.75) is 32.4 Å². The zero-order chi connectivity index (χ0) is 17.3. The van der Waals surface area contributed by atoms with Crippen LogP contribution in [0.15, 0.2) is 42.5 Å². The number of halogens is 1. The average molecular weight is 328 g/mol. The van der Waals surface area contributed by atoms with E-state index < -0.39 is 4.92 Å². The number of rotatable bonds is 5. The van der Waals surface area contributed by atoms with Crippen molar-refractivity contribution in [2.75, 3.05) is 0 Å². The number of nitro benzene ring substituents is 1. The fraction of sp³-hybridized carbons (Fsp3) is 0.278. The van der Waals surface area contributed by atoms with E-state index >= 15 is 0 Å². The van der Waals surface area contributed by atoms with E-state index in [1.807, 2.05) is 0 Å². The number of benzene rings is 2. The van der Waals surface area contributed by atoms with E-state index in [1.165, 1.54) is 18.2 Å². The number of hydrogen-bond acceptors (Lipinski definition) is 3. The average Bonchev–Trinajstić information content (AvgIpc) is 3.38. The van der Waals surface area contributed by atoms with Gasteiger partial charge >= 0.3 is 0 Å². The topological polar surface area (TPSA) is 63.5 Å². The number of para-hydroxylation sites is 1. The second kappa shape index (κ2) is 6.39. The molecule has 2 aromatic carbocycles. The Balaban J connectivity index is 1.92. The Kier molecular flexibility index (Phi) is 4.29. The molecule has 1 amide bonds. The van der Waals surface area contributed by atoms with Crippen molar-refractivity contribution in [3.05, 3.63) is 75.1 Å². The first kappa shape index (κ1) is 16.1. The summed E-state index contributed by atoms with van der Waals surface area (Å²) in [6.07, 6.45) is 1.76. The summed E-state index contributed by atoms with van der Waals surface area (Å²) in [7, 11) is 0. The molecule has 0 atom stereocenters.